The minimum Gasteiger partial charge on any atom is -0.309 e. The Hall–Kier alpha value is -6.70. The summed E-state index contributed by atoms with van der Waals surface area (Å²) in [6, 6.07) is 73.2. The molecule has 1 nitrogen and oxygen atoms in total. The molecular formula is C50H33N. The third kappa shape index (κ3) is 5.10. The van der Waals surface area contributed by atoms with Gasteiger partial charge in [-0.1, -0.05) is 152 Å². The van der Waals surface area contributed by atoms with Crippen molar-refractivity contribution in [2.24, 2.45) is 0 Å². The summed E-state index contributed by atoms with van der Waals surface area (Å²) >= 11 is 0. The Morgan fingerprint density at radius 1 is 0.255 bits per heavy atom. The van der Waals surface area contributed by atoms with E-state index in [0.29, 0.717) is 0 Å². The smallest absolute Gasteiger partial charge is 0.0535 e. The lowest BCUT2D eigenvalue weighted by atomic mass is 9.89. The molecule has 1 heteroatoms. The van der Waals surface area contributed by atoms with Crippen molar-refractivity contribution in [2.45, 2.75) is 0 Å². The number of aromatic nitrogens is 1. The van der Waals surface area contributed by atoms with Crippen molar-refractivity contribution in [1.29, 1.82) is 0 Å². The summed E-state index contributed by atoms with van der Waals surface area (Å²) in [5, 5.41) is 9.95. The molecule has 0 aliphatic heterocycles. The zero-order valence-corrected chi connectivity index (χ0v) is 28.0. The summed E-state index contributed by atoms with van der Waals surface area (Å²) in [5.41, 5.74) is 10.8. The van der Waals surface area contributed by atoms with Gasteiger partial charge in [-0.2, -0.15) is 0 Å². The molecule has 0 aliphatic carbocycles. The van der Waals surface area contributed by atoms with E-state index in [-0.39, 0.29) is 0 Å². The minimum absolute atomic E-state index is 1.14. The number of fused-ring (bicyclic) bond motifs is 4. The first kappa shape index (κ1) is 29.2. The van der Waals surface area contributed by atoms with Crippen molar-refractivity contribution in [3.63, 3.8) is 0 Å². The lowest BCUT2D eigenvalue weighted by Gasteiger charge is -2.17. The van der Waals surface area contributed by atoms with Gasteiger partial charge in [0.25, 0.3) is 0 Å². The van der Waals surface area contributed by atoms with Crippen molar-refractivity contribution in [1.82, 2.24) is 4.57 Å². The average Bonchev–Trinajstić information content (AvgIpc) is 3.65. The van der Waals surface area contributed by atoms with Crippen LogP contribution in [0, 0.1) is 0 Å². The van der Waals surface area contributed by atoms with E-state index < -0.39 is 0 Å². The molecule has 0 spiro atoms. The molecule has 10 aromatic rings. The van der Waals surface area contributed by atoms with Gasteiger partial charge in [0.15, 0.2) is 0 Å². The summed E-state index contributed by atoms with van der Waals surface area (Å²) in [4.78, 5) is 0. The van der Waals surface area contributed by atoms with Gasteiger partial charge in [-0.25, -0.2) is 0 Å². The normalized spacial score (nSPS) is 11.5. The highest BCUT2D eigenvalue weighted by molar-refractivity contribution is 6.12. The van der Waals surface area contributed by atoms with Gasteiger partial charge in [0.05, 0.1) is 11.4 Å². The highest BCUT2D eigenvalue weighted by Crippen LogP contribution is 2.41. The Balaban J connectivity index is 1.22. The van der Waals surface area contributed by atoms with Gasteiger partial charge < -0.3 is 4.57 Å². The van der Waals surface area contributed by atoms with E-state index in [1.165, 1.54) is 87.9 Å². The lowest BCUT2D eigenvalue weighted by Crippen LogP contribution is -1.99. The highest BCUT2D eigenvalue weighted by Gasteiger charge is 2.16. The summed E-state index contributed by atoms with van der Waals surface area (Å²) in [7, 11) is 0. The molecule has 0 radical (unpaired) electrons. The first-order valence-electron chi connectivity index (χ1n) is 17.6. The van der Waals surface area contributed by atoms with Crippen molar-refractivity contribution < 1.29 is 0 Å². The molecule has 0 aliphatic rings. The fourth-order valence-corrected chi connectivity index (χ4v) is 7.82. The number of hydrogen-bond acceptors (Lipinski definition) is 0. The van der Waals surface area contributed by atoms with E-state index in [0.717, 1.165) is 5.69 Å². The van der Waals surface area contributed by atoms with Gasteiger partial charge in [0.1, 0.15) is 0 Å². The first-order chi connectivity index (χ1) is 25.3. The Morgan fingerprint density at radius 3 is 1.22 bits per heavy atom. The maximum Gasteiger partial charge on any atom is 0.0535 e. The second-order valence-corrected chi connectivity index (χ2v) is 13.4. The molecular weight excluding hydrogens is 615 g/mol. The number of benzene rings is 9. The Morgan fingerprint density at radius 2 is 0.686 bits per heavy atom. The van der Waals surface area contributed by atoms with Crippen LogP contribution in [0.2, 0.25) is 0 Å². The third-order valence-corrected chi connectivity index (χ3v) is 10.4. The van der Waals surface area contributed by atoms with Crippen LogP contribution < -0.4 is 0 Å². The molecule has 1 aromatic heterocycles. The van der Waals surface area contributed by atoms with Gasteiger partial charge >= 0.3 is 0 Å². The molecule has 0 amide bonds. The van der Waals surface area contributed by atoms with Crippen molar-refractivity contribution in [3.8, 4) is 50.5 Å². The van der Waals surface area contributed by atoms with Crippen LogP contribution in [0.4, 0.5) is 0 Å². The quantitative estimate of drug-likeness (QED) is 0.164. The SMILES string of the molecule is c1ccc(-c2ccc(-c3ccccc3)n2-c2ccc3cc4c(-c5ccc6ccccc6c5)ccc(-c5ccc6ccccc6c5)c4cc3c2)cc1. The molecule has 1 heterocycles. The highest BCUT2D eigenvalue weighted by atomic mass is 15.0. The predicted molar refractivity (Wildman–Crippen MR) is 218 cm³/mol. The summed E-state index contributed by atoms with van der Waals surface area (Å²) in [5.74, 6) is 0. The zero-order valence-electron chi connectivity index (χ0n) is 28.0. The molecule has 10 rings (SSSR count). The summed E-state index contributed by atoms with van der Waals surface area (Å²) in [6.45, 7) is 0. The molecule has 238 valence electrons. The number of hydrogen-bond donors (Lipinski definition) is 0. The van der Waals surface area contributed by atoms with Crippen LogP contribution in [0.3, 0.4) is 0 Å². The van der Waals surface area contributed by atoms with E-state index in [2.05, 4.69) is 205 Å². The Bertz CT molecular complexity index is 2840. The standard InChI is InChI=1S/C50H33N/c1-3-13-36(14-4-1)49-27-28-50(37-15-5-2-6-16-37)51(49)44-24-23-40-32-47-45(41-21-19-34-11-7-9-17-38(34)29-41)25-26-46(48(47)33-43(40)31-44)42-22-20-35-12-8-10-18-39(35)30-42/h1-33H. The molecule has 9 aromatic carbocycles. The lowest BCUT2D eigenvalue weighted by molar-refractivity contribution is 1.10. The van der Waals surface area contributed by atoms with E-state index in [1.54, 1.807) is 0 Å². The van der Waals surface area contributed by atoms with Crippen molar-refractivity contribution in [2.75, 3.05) is 0 Å². The molecule has 0 saturated carbocycles. The summed E-state index contributed by atoms with van der Waals surface area (Å²) in [6.07, 6.45) is 0. The number of rotatable bonds is 5. The van der Waals surface area contributed by atoms with E-state index >= 15 is 0 Å². The van der Waals surface area contributed by atoms with E-state index in [1.807, 2.05) is 0 Å². The molecule has 0 saturated heterocycles. The van der Waals surface area contributed by atoms with Gasteiger partial charge in [-0.15, -0.1) is 0 Å². The molecule has 0 fully saturated rings. The van der Waals surface area contributed by atoms with E-state index in [9.17, 15) is 0 Å². The van der Waals surface area contributed by atoms with Crippen LogP contribution in [-0.4, -0.2) is 4.57 Å². The van der Waals surface area contributed by atoms with Gasteiger partial charge in [-0.05, 0) is 125 Å². The molecule has 0 unspecified atom stereocenters. The van der Waals surface area contributed by atoms with Crippen LogP contribution in [-0.2, 0) is 0 Å². The first-order valence-corrected chi connectivity index (χ1v) is 17.6. The van der Waals surface area contributed by atoms with Crippen LogP contribution in [0.1, 0.15) is 0 Å². The summed E-state index contributed by atoms with van der Waals surface area (Å²) < 4.78 is 2.41. The van der Waals surface area contributed by atoms with Gasteiger partial charge in [0.2, 0.25) is 0 Å². The van der Waals surface area contributed by atoms with E-state index in [4.69, 9.17) is 0 Å². The monoisotopic (exact) mass is 647 g/mol. The Labute approximate surface area is 297 Å². The van der Waals surface area contributed by atoms with Gasteiger partial charge in [0, 0.05) is 5.69 Å². The second-order valence-electron chi connectivity index (χ2n) is 13.4. The predicted octanol–water partition coefficient (Wildman–Crippen LogP) is 13.8. The van der Waals surface area contributed by atoms with Crippen molar-refractivity contribution in [3.05, 3.63) is 200 Å². The van der Waals surface area contributed by atoms with Crippen LogP contribution >= 0.6 is 0 Å². The molecule has 0 bridgehead atoms. The maximum atomic E-state index is 2.41. The van der Waals surface area contributed by atoms with Crippen molar-refractivity contribution >= 4 is 43.1 Å². The van der Waals surface area contributed by atoms with Crippen LogP contribution in [0.15, 0.2) is 200 Å². The Kier molecular flexibility index (Phi) is 6.89. The average molecular weight is 648 g/mol. The van der Waals surface area contributed by atoms with Crippen LogP contribution in [0.5, 0.6) is 0 Å². The number of nitrogens with zero attached hydrogens (tertiary/aromatic N) is 1. The molecule has 51 heavy (non-hydrogen) atoms. The fraction of sp³-hybridized carbons (Fsp3) is 0. The zero-order chi connectivity index (χ0) is 33.7. The van der Waals surface area contributed by atoms with Crippen LogP contribution in [0.25, 0.3) is 93.5 Å². The third-order valence-electron chi connectivity index (χ3n) is 10.4. The second kappa shape index (κ2) is 12.0. The fourth-order valence-electron chi connectivity index (χ4n) is 7.82. The minimum atomic E-state index is 1.14. The molecule has 0 atom stereocenters. The van der Waals surface area contributed by atoms with Gasteiger partial charge in [-0.3, -0.25) is 0 Å². The topological polar surface area (TPSA) is 4.93 Å². The maximum absolute atomic E-state index is 2.41. The largest absolute Gasteiger partial charge is 0.309 e. The molecule has 0 N–H and O–H groups in total.